The third kappa shape index (κ3) is 6.05. The Morgan fingerprint density at radius 2 is 1.79 bits per heavy atom. The van der Waals surface area contributed by atoms with Crippen LogP contribution in [0, 0.1) is 18.8 Å². The van der Waals surface area contributed by atoms with Crippen LogP contribution in [-0.4, -0.2) is 37.1 Å². The molecule has 0 saturated heterocycles. The molecule has 0 aliphatic heterocycles. The number of hydrogen-bond donors (Lipinski definition) is 0. The predicted octanol–water partition coefficient (Wildman–Crippen LogP) is 4.43. The van der Waals surface area contributed by atoms with Crippen molar-refractivity contribution in [2.45, 2.75) is 13.3 Å². The van der Waals surface area contributed by atoms with Gasteiger partial charge in [-0.3, -0.25) is 0 Å². The predicted molar refractivity (Wildman–Crippen MR) is 100 cm³/mol. The number of benzene rings is 1. The molecule has 1 aromatic heterocycles. The van der Waals surface area contributed by atoms with Gasteiger partial charge < -0.3 is 9.64 Å². The van der Waals surface area contributed by atoms with E-state index in [9.17, 15) is 0 Å². The molecule has 2 rings (SSSR count). The van der Waals surface area contributed by atoms with Gasteiger partial charge in [-0.2, -0.15) is 0 Å². The number of aromatic nitrogens is 1. The van der Waals surface area contributed by atoms with E-state index >= 15 is 0 Å². The van der Waals surface area contributed by atoms with Crippen molar-refractivity contribution >= 4 is 23.2 Å². The van der Waals surface area contributed by atoms with Crippen molar-refractivity contribution in [2.75, 3.05) is 27.2 Å². The first-order chi connectivity index (χ1) is 11.4. The number of rotatable bonds is 5. The Morgan fingerprint density at radius 1 is 1.08 bits per heavy atom. The van der Waals surface area contributed by atoms with Crippen molar-refractivity contribution < 1.29 is 4.74 Å². The number of ether oxygens (including phenoxy) is 1. The monoisotopic (exact) mass is 362 g/mol. The molecule has 0 spiro atoms. The van der Waals surface area contributed by atoms with Gasteiger partial charge in [0.1, 0.15) is 0 Å². The molecule has 0 aliphatic rings. The van der Waals surface area contributed by atoms with Gasteiger partial charge in [0.25, 0.3) is 0 Å². The summed E-state index contributed by atoms with van der Waals surface area (Å²) in [5.41, 5.74) is 2.26. The zero-order chi connectivity index (χ0) is 17.5. The van der Waals surface area contributed by atoms with Gasteiger partial charge in [-0.1, -0.05) is 29.1 Å². The van der Waals surface area contributed by atoms with Crippen LogP contribution in [0.3, 0.4) is 0 Å². The van der Waals surface area contributed by atoms with Crippen LogP contribution < -0.4 is 4.74 Å². The van der Waals surface area contributed by atoms with Crippen LogP contribution in [0.2, 0.25) is 10.0 Å². The summed E-state index contributed by atoms with van der Waals surface area (Å²) < 4.78 is 5.83. The van der Waals surface area contributed by atoms with E-state index in [0.717, 1.165) is 24.2 Å². The summed E-state index contributed by atoms with van der Waals surface area (Å²) in [7, 11) is 4.08. The second-order valence-electron chi connectivity index (χ2n) is 5.71. The molecule has 1 heterocycles. The Hall–Kier alpha value is -1.73. The molecular formula is C19H20Cl2N2O. The Bertz CT molecular complexity index is 743. The zero-order valence-electron chi connectivity index (χ0n) is 14.1. The molecule has 0 atom stereocenters. The minimum atomic E-state index is 0.559. The lowest BCUT2D eigenvalue weighted by atomic mass is 10.2. The van der Waals surface area contributed by atoms with Gasteiger partial charge in [-0.25, -0.2) is 4.98 Å². The molecule has 0 aliphatic carbocycles. The van der Waals surface area contributed by atoms with Gasteiger partial charge in [-0.15, -0.1) is 0 Å². The van der Waals surface area contributed by atoms with Gasteiger partial charge in [0.05, 0.1) is 6.61 Å². The highest BCUT2D eigenvalue weighted by atomic mass is 35.5. The molecular weight excluding hydrogens is 343 g/mol. The third-order valence-electron chi connectivity index (χ3n) is 3.19. The van der Waals surface area contributed by atoms with Crippen LogP contribution >= 0.6 is 23.2 Å². The highest BCUT2D eigenvalue weighted by molar-refractivity contribution is 6.34. The first kappa shape index (κ1) is 18.6. The molecule has 0 bridgehead atoms. The van der Waals surface area contributed by atoms with E-state index in [1.54, 1.807) is 18.2 Å². The average molecular weight is 363 g/mol. The standard InChI is InChI=1S/C19H20Cl2N2O/c1-14-5-8-19(24-10-4-9-23(2)3)18(22-14)7-6-15-11-16(20)13-17(21)12-15/h5,8,11-13H,4,9-10H2,1-3H3. The minimum absolute atomic E-state index is 0.559. The fourth-order valence-corrected chi connectivity index (χ4v) is 2.60. The van der Waals surface area contributed by atoms with Crippen LogP contribution in [0.15, 0.2) is 30.3 Å². The third-order valence-corrected chi connectivity index (χ3v) is 3.63. The van der Waals surface area contributed by atoms with Crippen LogP contribution in [-0.2, 0) is 0 Å². The van der Waals surface area contributed by atoms with Crippen LogP contribution in [0.1, 0.15) is 23.4 Å². The van der Waals surface area contributed by atoms with E-state index in [1.807, 2.05) is 33.2 Å². The zero-order valence-corrected chi connectivity index (χ0v) is 15.6. The van der Waals surface area contributed by atoms with Crippen molar-refractivity contribution in [3.05, 3.63) is 57.3 Å². The molecule has 0 unspecified atom stereocenters. The number of aryl methyl sites for hydroxylation is 1. The number of hydrogen-bond acceptors (Lipinski definition) is 3. The quantitative estimate of drug-likeness (QED) is 0.581. The maximum Gasteiger partial charge on any atom is 0.155 e. The Labute approximate surface area is 153 Å². The fourth-order valence-electron chi connectivity index (χ4n) is 2.07. The molecule has 2 aromatic rings. The lowest BCUT2D eigenvalue weighted by Crippen LogP contribution is -2.15. The molecule has 0 radical (unpaired) electrons. The molecule has 0 fully saturated rings. The van der Waals surface area contributed by atoms with E-state index in [0.29, 0.717) is 28.1 Å². The van der Waals surface area contributed by atoms with Crippen LogP contribution in [0.25, 0.3) is 0 Å². The van der Waals surface area contributed by atoms with Crippen LogP contribution in [0.4, 0.5) is 0 Å². The molecule has 5 heteroatoms. The van der Waals surface area contributed by atoms with Gasteiger partial charge in [0.2, 0.25) is 0 Å². The van der Waals surface area contributed by atoms with E-state index < -0.39 is 0 Å². The Balaban J connectivity index is 2.17. The van der Waals surface area contributed by atoms with Crippen molar-refractivity contribution in [3.8, 4) is 17.6 Å². The lowest BCUT2D eigenvalue weighted by molar-refractivity contribution is 0.280. The van der Waals surface area contributed by atoms with Crippen LogP contribution in [0.5, 0.6) is 5.75 Å². The summed E-state index contributed by atoms with van der Waals surface area (Å²) in [5.74, 6) is 6.80. The summed E-state index contributed by atoms with van der Waals surface area (Å²) >= 11 is 12.0. The summed E-state index contributed by atoms with van der Waals surface area (Å²) in [4.78, 5) is 6.60. The molecule has 0 amide bonds. The maximum absolute atomic E-state index is 6.00. The Kier molecular flexibility index (Phi) is 6.93. The number of nitrogens with zero attached hydrogens (tertiary/aromatic N) is 2. The molecule has 1 aromatic carbocycles. The highest BCUT2D eigenvalue weighted by Crippen LogP contribution is 2.19. The number of halogens is 2. The average Bonchev–Trinajstić information content (AvgIpc) is 2.50. The molecule has 0 N–H and O–H groups in total. The van der Waals surface area contributed by atoms with E-state index in [1.165, 1.54) is 0 Å². The maximum atomic E-state index is 6.00. The van der Waals surface area contributed by atoms with Gasteiger partial charge >= 0.3 is 0 Å². The van der Waals surface area contributed by atoms with E-state index in [-0.39, 0.29) is 0 Å². The lowest BCUT2D eigenvalue weighted by Gasteiger charge is -2.11. The molecule has 3 nitrogen and oxygen atoms in total. The topological polar surface area (TPSA) is 25.4 Å². The van der Waals surface area contributed by atoms with Crippen molar-refractivity contribution in [1.82, 2.24) is 9.88 Å². The fraction of sp³-hybridized carbons (Fsp3) is 0.316. The molecule has 0 saturated carbocycles. The minimum Gasteiger partial charge on any atom is -0.491 e. The second-order valence-corrected chi connectivity index (χ2v) is 6.59. The highest BCUT2D eigenvalue weighted by Gasteiger charge is 2.04. The SMILES string of the molecule is Cc1ccc(OCCCN(C)C)c(C#Cc2cc(Cl)cc(Cl)c2)n1. The van der Waals surface area contributed by atoms with Crippen molar-refractivity contribution in [3.63, 3.8) is 0 Å². The van der Waals surface area contributed by atoms with Gasteiger partial charge in [0.15, 0.2) is 11.4 Å². The summed E-state index contributed by atoms with van der Waals surface area (Å²) in [5, 5.41) is 1.12. The summed E-state index contributed by atoms with van der Waals surface area (Å²) in [6.07, 6.45) is 0.942. The van der Waals surface area contributed by atoms with Crippen molar-refractivity contribution in [1.29, 1.82) is 0 Å². The second kappa shape index (κ2) is 8.94. The Morgan fingerprint density at radius 3 is 2.46 bits per heavy atom. The first-order valence-corrected chi connectivity index (χ1v) is 8.43. The molecule has 24 heavy (non-hydrogen) atoms. The van der Waals surface area contributed by atoms with E-state index in [4.69, 9.17) is 27.9 Å². The summed E-state index contributed by atoms with van der Waals surface area (Å²) in [6, 6.07) is 9.05. The largest absolute Gasteiger partial charge is 0.491 e. The normalized spacial score (nSPS) is 10.4. The number of pyridine rings is 1. The summed E-state index contributed by atoms with van der Waals surface area (Å²) in [6.45, 7) is 3.53. The smallest absolute Gasteiger partial charge is 0.155 e. The van der Waals surface area contributed by atoms with E-state index in [2.05, 4.69) is 21.7 Å². The van der Waals surface area contributed by atoms with Gasteiger partial charge in [0, 0.05) is 27.8 Å². The molecule has 126 valence electrons. The first-order valence-electron chi connectivity index (χ1n) is 7.67. The van der Waals surface area contributed by atoms with Gasteiger partial charge in [-0.05, 0) is 63.7 Å². The van der Waals surface area contributed by atoms with Crippen molar-refractivity contribution in [2.24, 2.45) is 0 Å².